The number of hydrogen-bond donors (Lipinski definition) is 0. The minimum Gasteiger partial charge on any atom is -0.369 e. The van der Waals surface area contributed by atoms with Crippen molar-refractivity contribution in [2.75, 3.05) is 12.0 Å². The monoisotopic (exact) mass is 432 g/mol. The minimum atomic E-state index is 0.567. The van der Waals surface area contributed by atoms with E-state index >= 15 is 0 Å². The highest BCUT2D eigenvalue weighted by Gasteiger charge is 2.61. The highest BCUT2D eigenvalue weighted by atomic mass is 32.2. The second kappa shape index (κ2) is 8.27. The van der Waals surface area contributed by atoms with Crippen LogP contribution in [0.25, 0.3) is 0 Å². The molecule has 0 radical (unpaired) electrons. The maximum atomic E-state index is 6.32. The summed E-state index contributed by atoms with van der Waals surface area (Å²) in [5.74, 6) is 7.91. The first-order chi connectivity index (χ1) is 14.4. The van der Waals surface area contributed by atoms with Crippen LogP contribution in [0.2, 0.25) is 0 Å². The van der Waals surface area contributed by atoms with Gasteiger partial charge >= 0.3 is 0 Å². The van der Waals surface area contributed by atoms with Gasteiger partial charge in [-0.1, -0.05) is 40.5 Å². The second-order valence-corrected chi connectivity index (χ2v) is 13.8. The third-order valence-electron chi connectivity index (χ3n) is 11.5. The lowest BCUT2D eigenvalue weighted by Gasteiger charge is -2.60. The van der Waals surface area contributed by atoms with Crippen molar-refractivity contribution in [1.29, 1.82) is 0 Å². The Labute approximate surface area is 191 Å². The summed E-state index contributed by atoms with van der Waals surface area (Å²) >= 11 is 1.99. The number of rotatable bonds is 6. The lowest BCUT2D eigenvalue weighted by molar-refractivity contribution is -0.114. The van der Waals surface area contributed by atoms with E-state index in [9.17, 15) is 0 Å². The van der Waals surface area contributed by atoms with Crippen molar-refractivity contribution in [3.63, 3.8) is 0 Å². The molecule has 0 aromatic heterocycles. The summed E-state index contributed by atoms with van der Waals surface area (Å²) in [6.45, 7) is 10.4. The molecular formula is C28H48OS. The Kier molecular flexibility index (Phi) is 6.09. The van der Waals surface area contributed by atoms with Crippen molar-refractivity contribution in [2.45, 2.75) is 111 Å². The van der Waals surface area contributed by atoms with Crippen LogP contribution in [0, 0.1) is 52.3 Å². The normalized spacial score (nSPS) is 52.1. The third-order valence-corrected chi connectivity index (χ3v) is 12.4. The largest absolute Gasteiger partial charge is 0.369 e. The smallest absolute Gasteiger partial charge is 0.0870 e. The van der Waals surface area contributed by atoms with E-state index in [1.807, 2.05) is 11.8 Å². The Hall–Kier alpha value is 0.310. The molecule has 1 heterocycles. The van der Waals surface area contributed by atoms with Gasteiger partial charge in [-0.25, -0.2) is 0 Å². The van der Waals surface area contributed by atoms with Gasteiger partial charge in [0.2, 0.25) is 0 Å². The van der Waals surface area contributed by atoms with Gasteiger partial charge in [0.05, 0.1) is 12.2 Å². The Balaban J connectivity index is 1.27. The van der Waals surface area contributed by atoms with Gasteiger partial charge in [-0.05, 0) is 122 Å². The zero-order valence-corrected chi connectivity index (χ0v) is 21.3. The molecule has 0 amide bonds. The Morgan fingerprint density at radius 3 is 2.50 bits per heavy atom. The maximum absolute atomic E-state index is 6.32. The molecule has 1 saturated heterocycles. The first-order valence-corrected chi connectivity index (χ1v) is 14.9. The third kappa shape index (κ3) is 3.53. The molecule has 0 aromatic carbocycles. The van der Waals surface area contributed by atoms with Gasteiger partial charge in [-0.3, -0.25) is 0 Å². The summed E-state index contributed by atoms with van der Waals surface area (Å²) in [4.78, 5) is 0. The first kappa shape index (κ1) is 22.1. The van der Waals surface area contributed by atoms with E-state index in [-0.39, 0.29) is 0 Å². The van der Waals surface area contributed by atoms with Crippen LogP contribution in [0.1, 0.15) is 98.3 Å². The van der Waals surface area contributed by atoms with Crippen LogP contribution in [-0.4, -0.2) is 24.2 Å². The van der Waals surface area contributed by atoms with Gasteiger partial charge < -0.3 is 4.74 Å². The maximum Gasteiger partial charge on any atom is 0.0870 e. The summed E-state index contributed by atoms with van der Waals surface area (Å²) in [5.41, 5.74) is 1.28. The summed E-state index contributed by atoms with van der Waals surface area (Å²) in [6.07, 6.45) is 19.9. The lowest BCUT2D eigenvalue weighted by atomic mass is 9.44. The fraction of sp³-hybridized carbons (Fsp3) is 1.00. The second-order valence-electron chi connectivity index (χ2n) is 12.9. The van der Waals surface area contributed by atoms with E-state index in [1.165, 1.54) is 63.5 Å². The molecule has 1 aliphatic heterocycles. The van der Waals surface area contributed by atoms with Gasteiger partial charge in [-0.2, -0.15) is 11.8 Å². The van der Waals surface area contributed by atoms with Crippen molar-refractivity contribution < 1.29 is 4.74 Å². The number of fused-ring (bicyclic) bond motifs is 5. The molecule has 0 aromatic rings. The van der Waals surface area contributed by atoms with Gasteiger partial charge in [0.25, 0.3) is 0 Å². The van der Waals surface area contributed by atoms with Crippen molar-refractivity contribution >= 4 is 11.8 Å². The highest BCUT2D eigenvalue weighted by Crippen LogP contribution is 2.68. The molecule has 5 fully saturated rings. The van der Waals surface area contributed by atoms with Crippen LogP contribution < -0.4 is 0 Å². The van der Waals surface area contributed by atoms with Crippen molar-refractivity contribution in [3.8, 4) is 0 Å². The van der Waals surface area contributed by atoms with E-state index in [2.05, 4.69) is 34.0 Å². The molecule has 0 bridgehead atoms. The number of thioether (sulfide) groups is 1. The molecule has 4 unspecified atom stereocenters. The van der Waals surface area contributed by atoms with Gasteiger partial charge in [0, 0.05) is 0 Å². The van der Waals surface area contributed by atoms with Gasteiger partial charge in [-0.15, -0.1) is 0 Å². The zero-order valence-electron chi connectivity index (χ0n) is 20.5. The fourth-order valence-corrected chi connectivity index (χ4v) is 10.7. The predicted molar refractivity (Wildman–Crippen MR) is 130 cm³/mol. The minimum absolute atomic E-state index is 0.567. The molecule has 4 aliphatic carbocycles. The first-order valence-electron chi connectivity index (χ1n) is 13.5. The molecule has 172 valence electrons. The van der Waals surface area contributed by atoms with Crippen LogP contribution in [0.3, 0.4) is 0 Å². The van der Waals surface area contributed by atoms with Crippen LogP contribution in [0.15, 0.2) is 0 Å². The summed E-state index contributed by atoms with van der Waals surface area (Å²) in [6, 6.07) is 0. The molecule has 2 heteroatoms. The molecular weight excluding hydrogens is 384 g/mol. The number of epoxide rings is 1. The quantitative estimate of drug-likeness (QED) is 0.396. The molecule has 30 heavy (non-hydrogen) atoms. The van der Waals surface area contributed by atoms with Gasteiger partial charge in [0.15, 0.2) is 0 Å². The topological polar surface area (TPSA) is 12.5 Å². The van der Waals surface area contributed by atoms with Crippen molar-refractivity contribution in [3.05, 3.63) is 0 Å². The standard InChI is InChI=1S/C28H48OS/c1-18(17-30-5)16-25-26(29-25)19(2)22-11-12-23-21-10-9-20-8-6-7-14-27(20,3)24(21)13-15-28(22,23)4/h18-26H,6-17H2,1-5H3/t18?,19-,20?,21-,22+,23-,24-,25?,26?,27-,28+/m0/s1. The van der Waals surface area contributed by atoms with Crippen LogP contribution in [-0.2, 0) is 4.74 Å². The number of ether oxygens (including phenoxy) is 1. The fourth-order valence-electron chi connectivity index (χ4n) is 9.99. The molecule has 0 N–H and O–H groups in total. The molecule has 11 atom stereocenters. The molecule has 1 nitrogen and oxygen atoms in total. The average Bonchev–Trinajstić information content (AvgIpc) is 3.38. The Bertz CT molecular complexity index is 620. The Morgan fingerprint density at radius 1 is 0.900 bits per heavy atom. The summed E-state index contributed by atoms with van der Waals surface area (Å²) in [5, 5.41) is 0. The van der Waals surface area contributed by atoms with Crippen LogP contribution in [0.5, 0.6) is 0 Å². The van der Waals surface area contributed by atoms with Crippen molar-refractivity contribution in [1.82, 2.24) is 0 Å². The van der Waals surface area contributed by atoms with Crippen LogP contribution >= 0.6 is 11.8 Å². The molecule has 5 rings (SSSR count). The van der Waals surface area contributed by atoms with Gasteiger partial charge in [0.1, 0.15) is 0 Å². The van der Waals surface area contributed by atoms with E-state index < -0.39 is 0 Å². The Morgan fingerprint density at radius 2 is 1.70 bits per heavy atom. The van der Waals surface area contributed by atoms with Crippen LogP contribution in [0.4, 0.5) is 0 Å². The average molecular weight is 433 g/mol. The molecule has 4 saturated carbocycles. The van der Waals surface area contributed by atoms with E-state index in [4.69, 9.17) is 4.74 Å². The van der Waals surface area contributed by atoms with Crippen molar-refractivity contribution in [2.24, 2.45) is 52.3 Å². The highest BCUT2D eigenvalue weighted by molar-refractivity contribution is 7.98. The molecule has 5 aliphatic rings. The summed E-state index contributed by atoms with van der Waals surface area (Å²) in [7, 11) is 0. The van der Waals surface area contributed by atoms with E-state index in [0.29, 0.717) is 23.0 Å². The van der Waals surface area contributed by atoms with E-state index in [1.54, 1.807) is 12.8 Å². The number of hydrogen-bond acceptors (Lipinski definition) is 2. The van der Waals surface area contributed by atoms with E-state index in [0.717, 1.165) is 41.4 Å². The SMILES string of the molecule is CSCC(C)CC1OC1[C@@H](C)[C@H]1CC[C@H]2[C@@H]3CCC4CCCC[C@]4(C)[C@H]3CC[C@]12C. The molecule has 0 spiro atoms. The zero-order chi connectivity index (χ0) is 21.1. The lowest BCUT2D eigenvalue weighted by Crippen LogP contribution is -2.53. The summed E-state index contributed by atoms with van der Waals surface area (Å²) < 4.78 is 6.32. The predicted octanol–water partition coefficient (Wildman–Crippen LogP) is 7.83.